The summed E-state index contributed by atoms with van der Waals surface area (Å²) in [5.41, 5.74) is 6.55. The number of nitrogens with two attached hydrogens (primary N) is 1. The molecule has 0 amide bonds. The molecule has 2 atom stereocenters. The lowest BCUT2D eigenvalue weighted by Crippen LogP contribution is -2.58. The normalized spacial score (nSPS) is 28.6. The fourth-order valence-corrected chi connectivity index (χ4v) is 3.75. The maximum absolute atomic E-state index is 6.27. The number of hydrogen-bond donors (Lipinski definition) is 1. The monoisotopic (exact) mass is 268 g/mol. The molecule has 1 aliphatic rings. The van der Waals surface area contributed by atoms with Crippen molar-refractivity contribution < 1.29 is 0 Å². The molecule has 19 heavy (non-hydrogen) atoms. The molecule has 0 radical (unpaired) electrons. The molecular formula is C17H36N2. The van der Waals surface area contributed by atoms with Crippen molar-refractivity contribution in [1.29, 1.82) is 0 Å². The summed E-state index contributed by atoms with van der Waals surface area (Å²) in [6, 6.07) is 0. The lowest BCUT2D eigenvalue weighted by atomic mass is 9.73. The Morgan fingerprint density at radius 2 is 1.74 bits per heavy atom. The van der Waals surface area contributed by atoms with Gasteiger partial charge >= 0.3 is 0 Å². The van der Waals surface area contributed by atoms with Crippen LogP contribution in [0.5, 0.6) is 0 Å². The first kappa shape index (κ1) is 17.0. The molecule has 114 valence electrons. The Kier molecular flexibility index (Phi) is 6.82. The second kappa shape index (κ2) is 7.64. The highest BCUT2D eigenvalue weighted by Gasteiger charge is 2.39. The molecule has 2 heteroatoms. The van der Waals surface area contributed by atoms with Crippen molar-refractivity contribution in [3.8, 4) is 0 Å². The Morgan fingerprint density at radius 3 is 2.16 bits per heavy atom. The van der Waals surface area contributed by atoms with Gasteiger partial charge in [-0.05, 0) is 30.6 Å². The predicted octanol–water partition coefficient (Wildman–Crippen LogP) is 3.90. The minimum Gasteiger partial charge on any atom is -0.329 e. The second-order valence-corrected chi connectivity index (χ2v) is 7.49. The minimum absolute atomic E-state index is 0.285. The number of hydrogen-bond acceptors (Lipinski definition) is 2. The molecule has 0 spiro atoms. The Balaban J connectivity index is 2.85. The quantitative estimate of drug-likeness (QED) is 0.759. The van der Waals surface area contributed by atoms with Gasteiger partial charge < -0.3 is 5.73 Å². The maximum atomic E-state index is 6.27. The van der Waals surface area contributed by atoms with E-state index in [0.717, 1.165) is 24.3 Å². The highest BCUT2D eigenvalue weighted by Crippen LogP contribution is 2.38. The summed E-state index contributed by atoms with van der Waals surface area (Å²) >= 11 is 0. The average Bonchev–Trinajstić information content (AvgIpc) is 2.36. The molecule has 1 saturated carbocycles. The van der Waals surface area contributed by atoms with E-state index in [-0.39, 0.29) is 5.54 Å². The Bertz CT molecular complexity index is 240. The summed E-state index contributed by atoms with van der Waals surface area (Å²) in [5.74, 6) is 2.34. The molecule has 0 aromatic carbocycles. The summed E-state index contributed by atoms with van der Waals surface area (Å²) < 4.78 is 0. The summed E-state index contributed by atoms with van der Waals surface area (Å²) in [6.07, 6.45) is 6.72. The van der Waals surface area contributed by atoms with E-state index < -0.39 is 0 Å². The first-order valence-electron chi connectivity index (χ1n) is 8.38. The first-order chi connectivity index (χ1) is 8.93. The van der Waals surface area contributed by atoms with Crippen LogP contribution in [-0.2, 0) is 0 Å². The van der Waals surface area contributed by atoms with E-state index in [9.17, 15) is 0 Å². The topological polar surface area (TPSA) is 29.3 Å². The van der Waals surface area contributed by atoms with Crippen LogP contribution in [0.2, 0.25) is 0 Å². The third-order valence-corrected chi connectivity index (χ3v) is 4.72. The highest BCUT2D eigenvalue weighted by molar-refractivity contribution is 4.97. The number of nitrogens with zero attached hydrogens (tertiary/aromatic N) is 1. The van der Waals surface area contributed by atoms with Gasteiger partial charge in [-0.1, -0.05) is 53.9 Å². The summed E-state index contributed by atoms with van der Waals surface area (Å²) in [4.78, 5) is 2.74. The van der Waals surface area contributed by atoms with Gasteiger partial charge in [-0.15, -0.1) is 0 Å². The Labute approximate surface area is 121 Å². The molecule has 1 fully saturated rings. The van der Waals surface area contributed by atoms with E-state index in [4.69, 9.17) is 5.73 Å². The molecule has 2 N–H and O–H groups in total. The third kappa shape index (κ3) is 4.75. The molecular weight excluding hydrogens is 232 g/mol. The van der Waals surface area contributed by atoms with Gasteiger partial charge in [0.25, 0.3) is 0 Å². The van der Waals surface area contributed by atoms with Crippen molar-refractivity contribution >= 4 is 0 Å². The van der Waals surface area contributed by atoms with E-state index in [1.165, 1.54) is 45.2 Å². The van der Waals surface area contributed by atoms with Crippen molar-refractivity contribution in [2.24, 2.45) is 23.5 Å². The van der Waals surface area contributed by atoms with Gasteiger partial charge in [-0.3, -0.25) is 4.90 Å². The van der Waals surface area contributed by atoms with E-state index in [1.807, 2.05) is 0 Å². The number of rotatable bonds is 7. The van der Waals surface area contributed by atoms with Crippen LogP contribution in [0, 0.1) is 17.8 Å². The summed E-state index contributed by atoms with van der Waals surface area (Å²) in [5, 5.41) is 0. The molecule has 0 saturated heterocycles. The van der Waals surface area contributed by atoms with Crippen molar-refractivity contribution in [1.82, 2.24) is 4.90 Å². The van der Waals surface area contributed by atoms with Crippen molar-refractivity contribution in [2.45, 2.75) is 72.3 Å². The summed E-state index contributed by atoms with van der Waals surface area (Å²) in [6.45, 7) is 14.9. The minimum atomic E-state index is 0.285. The van der Waals surface area contributed by atoms with Crippen molar-refractivity contribution in [3.63, 3.8) is 0 Å². The maximum Gasteiger partial charge on any atom is 0.0334 e. The lowest BCUT2D eigenvalue weighted by Gasteiger charge is -2.49. The Hall–Kier alpha value is -0.0800. The molecule has 1 rings (SSSR count). The van der Waals surface area contributed by atoms with E-state index in [2.05, 4.69) is 39.5 Å². The largest absolute Gasteiger partial charge is 0.329 e. The van der Waals surface area contributed by atoms with Crippen LogP contribution in [-0.4, -0.2) is 30.1 Å². The molecule has 0 bridgehead atoms. The highest BCUT2D eigenvalue weighted by atomic mass is 15.2. The SMILES string of the molecule is CCC1CCCC(CN)(N(CC(C)C)CC(C)C)C1. The van der Waals surface area contributed by atoms with Crippen LogP contribution in [0.1, 0.15) is 66.7 Å². The third-order valence-electron chi connectivity index (χ3n) is 4.72. The van der Waals surface area contributed by atoms with Gasteiger partial charge in [0, 0.05) is 25.2 Å². The van der Waals surface area contributed by atoms with Crippen LogP contribution in [0.15, 0.2) is 0 Å². The van der Waals surface area contributed by atoms with E-state index in [0.29, 0.717) is 0 Å². The smallest absolute Gasteiger partial charge is 0.0334 e. The van der Waals surface area contributed by atoms with Gasteiger partial charge in [0.1, 0.15) is 0 Å². The molecule has 2 unspecified atom stereocenters. The molecule has 0 heterocycles. The lowest BCUT2D eigenvalue weighted by molar-refractivity contribution is 0.0175. The van der Waals surface area contributed by atoms with Gasteiger partial charge in [-0.2, -0.15) is 0 Å². The van der Waals surface area contributed by atoms with Gasteiger partial charge in [0.2, 0.25) is 0 Å². The van der Waals surface area contributed by atoms with Crippen LogP contribution in [0.3, 0.4) is 0 Å². The predicted molar refractivity (Wildman–Crippen MR) is 85.3 cm³/mol. The van der Waals surface area contributed by atoms with Crippen molar-refractivity contribution in [3.05, 3.63) is 0 Å². The molecule has 0 aromatic rings. The second-order valence-electron chi connectivity index (χ2n) is 7.49. The standard InChI is InChI=1S/C17H36N2/c1-6-16-8-7-9-17(10-16,13-18)19(11-14(2)3)12-15(4)5/h14-16H,6-13,18H2,1-5H3. The van der Waals surface area contributed by atoms with E-state index >= 15 is 0 Å². The van der Waals surface area contributed by atoms with Crippen molar-refractivity contribution in [2.75, 3.05) is 19.6 Å². The first-order valence-corrected chi connectivity index (χ1v) is 8.38. The van der Waals surface area contributed by atoms with E-state index in [1.54, 1.807) is 0 Å². The summed E-state index contributed by atoms with van der Waals surface area (Å²) in [7, 11) is 0. The van der Waals surface area contributed by atoms with Gasteiger partial charge in [0.15, 0.2) is 0 Å². The fraction of sp³-hybridized carbons (Fsp3) is 1.00. The van der Waals surface area contributed by atoms with Crippen LogP contribution < -0.4 is 5.73 Å². The zero-order chi connectivity index (χ0) is 14.5. The van der Waals surface area contributed by atoms with Crippen LogP contribution in [0.25, 0.3) is 0 Å². The molecule has 1 aliphatic carbocycles. The molecule has 0 aromatic heterocycles. The van der Waals surface area contributed by atoms with Crippen LogP contribution >= 0.6 is 0 Å². The average molecular weight is 268 g/mol. The Morgan fingerprint density at radius 1 is 1.16 bits per heavy atom. The molecule has 0 aliphatic heterocycles. The van der Waals surface area contributed by atoms with Crippen LogP contribution in [0.4, 0.5) is 0 Å². The molecule has 2 nitrogen and oxygen atoms in total. The fourth-order valence-electron chi connectivity index (χ4n) is 3.75. The zero-order valence-corrected chi connectivity index (χ0v) is 13.9. The van der Waals surface area contributed by atoms with Gasteiger partial charge in [0.05, 0.1) is 0 Å². The van der Waals surface area contributed by atoms with Gasteiger partial charge in [-0.25, -0.2) is 0 Å². The zero-order valence-electron chi connectivity index (χ0n) is 13.9.